The van der Waals surface area contributed by atoms with Gasteiger partial charge in [0, 0.05) is 25.0 Å². The van der Waals surface area contributed by atoms with Crippen LogP contribution in [-0.4, -0.2) is 43.1 Å². The van der Waals surface area contributed by atoms with Gasteiger partial charge in [-0.2, -0.15) is 0 Å². The van der Waals surface area contributed by atoms with Gasteiger partial charge in [-0.1, -0.05) is 24.3 Å². The van der Waals surface area contributed by atoms with E-state index in [0.717, 1.165) is 12.8 Å². The Hall–Kier alpha value is -2.04. The summed E-state index contributed by atoms with van der Waals surface area (Å²) in [6, 6.07) is 8.91. The minimum absolute atomic E-state index is 0.0233. The number of nitrogens with one attached hydrogen (secondary N) is 1. The molecule has 0 unspecified atom stereocenters. The van der Waals surface area contributed by atoms with Gasteiger partial charge in [0.05, 0.1) is 13.0 Å². The second-order valence-electron chi connectivity index (χ2n) is 7.19. The minimum atomic E-state index is -0.153. The second kappa shape index (κ2) is 6.11. The average Bonchev–Trinajstić information content (AvgIpc) is 3.34. The normalized spacial score (nSPS) is 28.5. The molecule has 5 heteroatoms. The zero-order chi connectivity index (χ0) is 16.7. The van der Waals surface area contributed by atoms with Crippen molar-refractivity contribution in [1.82, 2.24) is 10.2 Å². The zero-order valence-corrected chi connectivity index (χ0v) is 14.0. The molecule has 2 fully saturated rings. The quantitative estimate of drug-likeness (QED) is 0.848. The molecular weight excluding hydrogens is 304 g/mol. The summed E-state index contributed by atoms with van der Waals surface area (Å²) in [4.78, 5) is 26.0. The number of methoxy groups -OCH3 is 1. The van der Waals surface area contributed by atoms with Gasteiger partial charge in [-0.15, -0.1) is 0 Å². The molecule has 24 heavy (non-hydrogen) atoms. The third-order valence-electron chi connectivity index (χ3n) is 5.94. The van der Waals surface area contributed by atoms with Gasteiger partial charge >= 0.3 is 12.0 Å². The van der Waals surface area contributed by atoms with Gasteiger partial charge in [0.2, 0.25) is 0 Å². The lowest BCUT2D eigenvalue weighted by atomic mass is 9.92. The van der Waals surface area contributed by atoms with Crippen LogP contribution in [0.3, 0.4) is 0 Å². The first-order chi connectivity index (χ1) is 11.7. The van der Waals surface area contributed by atoms with Gasteiger partial charge in [-0.25, -0.2) is 4.79 Å². The number of rotatable bonds is 2. The SMILES string of the molecule is COC(=O)C1CCN(C(=O)N[C@@H]2[C@H]3CCc4ccccc4[C@H]32)CC1. The van der Waals surface area contributed by atoms with Gasteiger partial charge in [-0.05, 0) is 42.7 Å². The lowest BCUT2D eigenvalue weighted by Gasteiger charge is -2.30. The van der Waals surface area contributed by atoms with Crippen LogP contribution in [-0.2, 0) is 16.0 Å². The Morgan fingerprint density at radius 1 is 1.17 bits per heavy atom. The molecule has 1 saturated carbocycles. The molecule has 0 radical (unpaired) electrons. The first kappa shape index (κ1) is 15.5. The molecule has 0 aromatic heterocycles. The van der Waals surface area contributed by atoms with Crippen LogP contribution in [0.5, 0.6) is 0 Å². The Labute approximate surface area is 142 Å². The van der Waals surface area contributed by atoms with Gasteiger partial charge in [-0.3, -0.25) is 4.79 Å². The summed E-state index contributed by atoms with van der Waals surface area (Å²) in [5.41, 5.74) is 2.86. The molecule has 1 heterocycles. The van der Waals surface area contributed by atoms with Gasteiger partial charge < -0.3 is 15.0 Å². The summed E-state index contributed by atoms with van der Waals surface area (Å²) in [6.07, 6.45) is 3.67. The Balaban J connectivity index is 1.33. The number of benzene rings is 1. The van der Waals surface area contributed by atoms with Crippen molar-refractivity contribution in [2.45, 2.75) is 37.6 Å². The van der Waals surface area contributed by atoms with E-state index in [0.29, 0.717) is 37.8 Å². The van der Waals surface area contributed by atoms with E-state index in [2.05, 4.69) is 29.6 Å². The summed E-state index contributed by atoms with van der Waals surface area (Å²) in [6.45, 7) is 1.26. The van der Waals surface area contributed by atoms with Crippen molar-refractivity contribution in [2.24, 2.45) is 11.8 Å². The van der Waals surface area contributed by atoms with Crippen LogP contribution in [0.2, 0.25) is 0 Å². The van der Waals surface area contributed by atoms with E-state index in [4.69, 9.17) is 4.74 Å². The topological polar surface area (TPSA) is 58.6 Å². The number of hydrogen-bond donors (Lipinski definition) is 1. The predicted molar refractivity (Wildman–Crippen MR) is 89.6 cm³/mol. The predicted octanol–water partition coefficient (Wildman–Crippen LogP) is 2.31. The van der Waals surface area contributed by atoms with E-state index in [9.17, 15) is 9.59 Å². The number of carbonyl (C=O) groups excluding carboxylic acids is 2. The number of piperidine rings is 1. The lowest BCUT2D eigenvalue weighted by Crippen LogP contribution is -2.46. The molecule has 1 saturated heterocycles. The highest BCUT2D eigenvalue weighted by atomic mass is 16.5. The lowest BCUT2D eigenvalue weighted by molar-refractivity contribution is -0.146. The van der Waals surface area contributed by atoms with Crippen LogP contribution in [0.1, 0.15) is 36.3 Å². The molecule has 1 N–H and O–H groups in total. The number of esters is 1. The van der Waals surface area contributed by atoms with Crippen molar-refractivity contribution in [1.29, 1.82) is 0 Å². The highest BCUT2D eigenvalue weighted by Crippen LogP contribution is 2.54. The van der Waals surface area contributed by atoms with Crippen molar-refractivity contribution >= 4 is 12.0 Å². The standard InChI is InChI=1S/C19H24N2O3/c1-24-18(22)13-8-10-21(11-9-13)19(23)20-17-15-7-6-12-4-2-3-5-14(12)16(15)17/h2-5,13,15-17H,6-11H2,1H3,(H,20,23)/t15-,16+,17+/m0/s1. The molecule has 5 nitrogen and oxygen atoms in total. The van der Waals surface area contributed by atoms with Crippen LogP contribution in [0.15, 0.2) is 24.3 Å². The monoisotopic (exact) mass is 328 g/mol. The third-order valence-corrected chi connectivity index (χ3v) is 5.94. The molecule has 0 spiro atoms. The number of likely N-dealkylation sites (tertiary alicyclic amines) is 1. The number of aryl methyl sites for hydroxylation is 1. The van der Waals surface area contributed by atoms with Crippen molar-refractivity contribution in [2.75, 3.05) is 20.2 Å². The molecule has 3 aliphatic rings. The number of amides is 2. The molecule has 0 bridgehead atoms. The minimum Gasteiger partial charge on any atom is -0.469 e. The summed E-state index contributed by atoms with van der Waals surface area (Å²) in [7, 11) is 1.42. The fourth-order valence-corrected chi connectivity index (χ4v) is 4.48. The number of urea groups is 1. The zero-order valence-electron chi connectivity index (χ0n) is 14.0. The van der Waals surface area contributed by atoms with Crippen LogP contribution < -0.4 is 5.32 Å². The summed E-state index contributed by atoms with van der Waals surface area (Å²) in [5, 5.41) is 3.24. The molecule has 128 valence electrons. The van der Waals surface area contributed by atoms with Crippen LogP contribution in [0.25, 0.3) is 0 Å². The first-order valence-corrected chi connectivity index (χ1v) is 8.90. The van der Waals surface area contributed by atoms with Crippen molar-refractivity contribution in [3.05, 3.63) is 35.4 Å². The van der Waals surface area contributed by atoms with Gasteiger partial charge in [0.1, 0.15) is 0 Å². The smallest absolute Gasteiger partial charge is 0.317 e. The first-order valence-electron chi connectivity index (χ1n) is 8.90. The maximum Gasteiger partial charge on any atom is 0.317 e. The number of carbonyl (C=O) groups is 2. The van der Waals surface area contributed by atoms with E-state index in [1.807, 2.05) is 4.90 Å². The maximum atomic E-state index is 12.5. The molecule has 4 rings (SSSR count). The van der Waals surface area contributed by atoms with E-state index < -0.39 is 0 Å². The number of fused-ring (bicyclic) bond motifs is 3. The van der Waals surface area contributed by atoms with E-state index in [-0.39, 0.29) is 24.0 Å². The molecule has 2 aliphatic carbocycles. The Kier molecular flexibility index (Phi) is 3.94. The highest BCUT2D eigenvalue weighted by Gasteiger charge is 2.54. The molecule has 1 aromatic carbocycles. The number of ether oxygens (including phenoxy) is 1. The third kappa shape index (κ3) is 2.66. The number of nitrogens with zero attached hydrogens (tertiary/aromatic N) is 1. The van der Waals surface area contributed by atoms with Gasteiger partial charge in [0.15, 0.2) is 0 Å². The van der Waals surface area contributed by atoms with Crippen molar-refractivity contribution in [3.8, 4) is 0 Å². The van der Waals surface area contributed by atoms with Crippen molar-refractivity contribution in [3.63, 3.8) is 0 Å². The fraction of sp³-hybridized carbons (Fsp3) is 0.579. The van der Waals surface area contributed by atoms with E-state index in [1.165, 1.54) is 18.2 Å². The molecule has 2 amide bonds. The largest absolute Gasteiger partial charge is 0.469 e. The Bertz CT molecular complexity index is 652. The van der Waals surface area contributed by atoms with Crippen LogP contribution >= 0.6 is 0 Å². The van der Waals surface area contributed by atoms with Crippen LogP contribution in [0.4, 0.5) is 4.79 Å². The highest BCUT2D eigenvalue weighted by molar-refractivity contribution is 5.77. The molecule has 3 atom stereocenters. The molecule has 1 aromatic rings. The average molecular weight is 328 g/mol. The van der Waals surface area contributed by atoms with E-state index in [1.54, 1.807) is 0 Å². The fourth-order valence-electron chi connectivity index (χ4n) is 4.48. The molecule has 1 aliphatic heterocycles. The Morgan fingerprint density at radius 2 is 1.92 bits per heavy atom. The maximum absolute atomic E-state index is 12.5. The van der Waals surface area contributed by atoms with Crippen LogP contribution in [0, 0.1) is 11.8 Å². The van der Waals surface area contributed by atoms with Gasteiger partial charge in [0.25, 0.3) is 0 Å². The summed E-state index contributed by atoms with van der Waals surface area (Å²) in [5.74, 6) is 0.872. The Morgan fingerprint density at radius 3 is 2.67 bits per heavy atom. The van der Waals surface area contributed by atoms with E-state index >= 15 is 0 Å². The number of hydrogen-bond acceptors (Lipinski definition) is 3. The summed E-state index contributed by atoms with van der Waals surface area (Å²) >= 11 is 0. The van der Waals surface area contributed by atoms with Crippen molar-refractivity contribution < 1.29 is 14.3 Å². The second-order valence-corrected chi connectivity index (χ2v) is 7.19. The molecular formula is C19H24N2O3. The summed E-state index contributed by atoms with van der Waals surface area (Å²) < 4.78 is 4.80.